The molecule has 3 heteroatoms. The number of fused-ring (bicyclic) bond motifs is 1. The van der Waals surface area contributed by atoms with Crippen molar-refractivity contribution in [3.05, 3.63) is 65.0 Å². The van der Waals surface area contributed by atoms with Gasteiger partial charge in [0, 0.05) is 12.6 Å². The highest BCUT2D eigenvalue weighted by atomic mass is 16.1. The van der Waals surface area contributed by atoms with Crippen LogP contribution in [0.2, 0.25) is 0 Å². The molecule has 0 spiro atoms. The largest absolute Gasteiger partial charge is 0.295 e. The average Bonchev–Trinajstić information content (AvgIpc) is 2.44. The van der Waals surface area contributed by atoms with E-state index in [0.717, 1.165) is 11.1 Å². The number of aromatic nitrogens is 2. The standard InChI is InChI=1S/C15H12N2O/c1-17-14(11-7-3-2-4-8-11)16-13-10-6-5-9-12(13)15(17)18/h2-10H,1H3. The summed E-state index contributed by atoms with van der Waals surface area (Å²) in [5, 5.41) is 0.652. The van der Waals surface area contributed by atoms with E-state index >= 15 is 0 Å². The van der Waals surface area contributed by atoms with Gasteiger partial charge in [0.15, 0.2) is 0 Å². The zero-order valence-electron chi connectivity index (χ0n) is 10.00. The molecule has 1 aromatic heterocycles. The minimum Gasteiger partial charge on any atom is -0.295 e. The van der Waals surface area contributed by atoms with Gasteiger partial charge in [0.1, 0.15) is 5.82 Å². The average molecular weight is 236 g/mol. The van der Waals surface area contributed by atoms with Crippen molar-refractivity contribution in [2.24, 2.45) is 7.05 Å². The van der Waals surface area contributed by atoms with Gasteiger partial charge < -0.3 is 0 Å². The smallest absolute Gasteiger partial charge is 0.261 e. The molecule has 0 amide bonds. The van der Waals surface area contributed by atoms with Crippen LogP contribution in [-0.2, 0) is 7.05 Å². The van der Waals surface area contributed by atoms with E-state index in [1.807, 2.05) is 48.5 Å². The van der Waals surface area contributed by atoms with Gasteiger partial charge in [-0.1, -0.05) is 42.5 Å². The van der Waals surface area contributed by atoms with Crippen LogP contribution < -0.4 is 5.56 Å². The highest BCUT2D eigenvalue weighted by Gasteiger charge is 2.08. The van der Waals surface area contributed by atoms with Crippen LogP contribution in [-0.4, -0.2) is 9.55 Å². The summed E-state index contributed by atoms with van der Waals surface area (Å²) >= 11 is 0. The lowest BCUT2D eigenvalue weighted by atomic mass is 10.2. The zero-order chi connectivity index (χ0) is 12.5. The Morgan fingerprint density at radius 2 is 1.61 bits per heavy atom. The third-order valence-electron chi connectivity index (χ3n) is 3.02. The lowest BCUT2D eigenvalue weighted by Gasteiger charge is -2.08. The molecule has 18 heavy (non-hydrogen) atoms. The second-order valence-corrected chi connectivity index (χ2v) is 4.18. The summed E-state index contributed by atoms with van der Waals surface area (Å²) in [7, 11) is 1.75. The van der Waals surface area contributed by atoms with Crippen LogP contribution in [0.15, 0.2) is 59.4 Å². The minimum atomic E-state index is -0.0144. The number of rotatable bonds is 1. The summed E-state index contributed by atoms with van der Waals surface area (Å²) in [5.74, 6) is 0.694. The van der Waals surface area contributed by atoms with E-state index in [9.17, 15) is 4.79 Å². The van der Waals surface area contributed by atoms with Crippen molar-refractivity contribution >= 4 is 10.9 Å². The molecule has 0 N–H and O–H groups in total. The van der Waals surface area contributed by atoms with Crippen LogP contribution in [0.25, 0.3) is 22.3 Å². The minimum absolute atomic E-state index is 0.0144. The molecule has 0 saturated carbocycles. The summed E-state index contributed by atoms with van der Waals surface area (Å²) < 4.78 is 1.59. The van der Waals surface area contributed by atoms with Crippen LogP contribution in [0.5, 0.6) is 0 Å². The lowest BCUT2D eigenvalue weighted by molar-refractivity contribution is 0.856. The molecule has 3 nitrogen and oxygen atoms in total. The maximum atomic E-state index is 12.2. The van der Waals surface area contributed by atoms with E-state index in [-0.39, 0.29) is 5.56 Å². The summed E-state index contributed by atoms with van der Waals surface area (Å²) in [5.41, 5.74) is 1.67. The Balaban J connectivity index is 2.38. The molecule has 88 valence electrons. The van der Waals surface area contributed by atoms with Crippen LogP contribution in [0.1, 0.15) is 0 Å². The van der Waals surface area contributed by atoms with Crippen molar-refractivity contribution < 1.29 is 0 Å². The van der Waals surface area contributed by atoms with E-state index in [0.29, 0.717) is 11.2 Å². The van der Waals surface area contributed by atoms with Gasteiger partial charge in [0.2, 0.25) is 0 Å². The Morgan fingerprint density at radius 3 is 2.39 bits per heavy atom. The highest BCUT2D eigenvalue weighted by molar-refractivity contribution is 5.79. The van der Waals surface area contributed by atoms with Crippen LogP contribution in [0.3, 0.4) is 0 Å². The second-order valence-electron chi connectivity index (χ2n) is 4.18. The third kappa shape index (κ3) is 1.61. The van der Waals surface area contributed by atoms with Crippen molar-refractivity contribution in [3.63, 3.8) is 0 Å². The molecule has 3 rings (SSSR count). The number of hydrogen-bond acceptors (Lipinski definition) is 2. The number of hydrogen-bond donors (Lipinski definition) is 0. The molecule has 0 saturated heterocycles. The van der Waals surface area contributed by atoms with Gasteiger partial charge in [-0.25, -0.2) is 4.98 Å². The van der Waals surface area contributed by atoms with Gasteiger partial charge in [0.25, 0.3) is 5.56 Å². The Bertz CT molecular complexity index is 760. The van der Waals surface area contributed by atoms with E-state index in [1.165, 1.54) is 0 Å². The van der Waals surface area contributed by atoms with Crippen molar-refractivity contribution in [1.82, 2.24) is 9.55 Å². The van der Waals surface area contributed by atoms with Crippen LogP contribution in [0, 0.1) is 0 Å². The van der Waals surface area contributed by atoms with E-state index in [4.69, 9.17) is 0 Å². The topological polar surface area (TPSA) is 34.9 Å². The number of benzene rings is 2. The van der Waals surface area contributed by atoms with Crippen molar-refractivity contribution in [2.45, 2.75) is 0 Å². The van der Waals surface area contributed by atoms with Gasteiger partial charge in [0.05, 0.1) is 10.9 Å². The fraction of sp³-hybridized carbons (Fsp3) is 0.0667. The molecule has 0 bridgehead atoms. The molecular formula is C15H12N2O. The van der Waals surface area contributed by atoms with E-state index < -0.39 is 0 Å². The lowest BCUT2D eigenvalue weighted by Crippen LogP contribution is -2.20. The fourth-order valence-electron chi connectivity index (χ4n) is 2.06. The number of para-hydroxylation sites is 1. The van der Waals surface area contributed by atoms with Gasteiger partial charge in [-0.3, -0.25) is 9.36 Å². The highest BCUT2D eigenvalue weighted by Crippen LogP contribution is 2.17. The SMILES string of the molecule is Cn1c(-c2ccccc2)nc2ccccc2c1=O. The zero-order valence-corrected chi connectivity index (χ0v) is 10.00. The number of nitrogens with zero attached hydrogens (tertiary/aromatic N) is 2. The Morgan fingerprint density at radius 1 is 0.944 bits per heavy atom. The fourth-order valence-corrected chi connectivity index (χ4v) is 2.06. The first-order valence-corrected chi connectivity index (χ1v) is 5.78. The van der Waals surface area contributed by atoms with Gasteiger partial charge in [-0.2, -0.15) is 0 Å². The van der Waals surface area contributed by atoms with Crippen molar-refractivity contribution in [3.8, 4) is 11.4 Å². The first kappa shape index (κ1) is 10.7. The summed E-state index contributed by atoms with van der Waals surface area (Å²) in [6.07, 6.45) is 0. The molecule has 0 radical (unpaired) electrons. The maximum absolute atomic E-state index is 12.2. The van der Waals surface area contributed by atoms with Gasteiger partial charge in [-0.05, 0) is 12.1 Å². The van der Waals surface area contributed by atoms with Crippen molar-refractivity contribution in [2.75, 3.05) is 0 Å². The molecule has 0 unspecified atom stereocenters. The molecule has 2 aromatic carbocycles. The maximum Gasteiger partial charge on any atom is 0.261 e. The predicted octanol–water partition coefficient (Wildman–Crippen LogP) is 2.60. The molecule has 1 heterocycles. The van der Waals surface area contributed by atoms with Crippen molar-refractivity contribution in [1.29, 1.82) is 0 Å². The first-order chi connectivity index (χ1) is 8.77. The Hall–Kier alpha value is -2.42. The molecule has 0 fully saturated rings. The molecule has 0 aliphatic carbocycles. The monoisotopic (exact) mass is 236 g/mol. The second kappa shape index (κ2) is 4.11. The quantitative estimate of drug-likeness (QED) is 0.651. The van der Waals surface area contributed by atoms with Crippen LogP contribution in [0.4, 0.5) is 0 Å². The molecule has 0 aliphatic heterocycles. The Kier molecular flexibility index (Phi) is 2.45. The molecule has 0 aliphatic rings. The summed E-state index contributed by atoms with van der Waals surface area (Å²) in [4.78, 5) is 16.8. The molecule has 0 atom stereocenters. The van der Waals surface area contributed by atoms with E-state index in [1.54, 1.807) is 17.7 Å². The van der Waals surface area contributed by atoms with Gasteiger partial charge >= 0.3 is 0 Å². The summed E-state index contributed by atoms with van der Waals surface area (Å²) in [6.45, 7) is 0. The predicted molar refractivity (Wildman–Crippen MR) is 72.4 cm³/mol. The Labute approximate surface area is 104 Å². The van der Waals surface area contributed by atoms with Crippen LogP contribution >= 0.6 is 0 Å². The molecular weight excluding hydrogens is 224 g/mol. The third-order valence-corrected chi connectivity index (χ3v) is 3.02. The normalized spacial score (nSPS) is 10.7. The summed E-state index contributed by atoms with van der Waals surface area (Å²) in [6, 6.07) is 17.2. The molecule has 3 aromatic rings. The first-order valence-electron chi connectivity index (χ1n) is 5.78. The van der Waals surface area contributed by atoms with Gasteiger partial charge in [-0.15, -0.1) is 0 Å². The van der Waals surface area contributed by atoms with E-state index in [2.05, 4.69) is 4.98 Å².